The first kappa shape index (κ1) is 13.0. The van der Waals surface area contributed by atoms with Gasteiger partial charge in [0.1, 0.15) is 0 Å². The van der Waals surface area contributed by atoms with Gasteiger partial charge in [-0.3, -0.25) is 4.79 Å². The molecule has 2 N–H and O–H groups in total. The van der Waals surface area contributed by atoms with Gasteiger partial charge in [0.2, 0.25) is 0 Å². The number of benzene rings is 1. The van der Waals surface area contributed by atoms with E-state index in [4.69, 9.17) is 5.73 Å². The molecule has 0 amide bonds. The first-order valence-corrected chi connectivity index (χ1v) is 7.00. The molecule has 1 aromatic heterocycles. The molecule has 0 saturated heterocycles. The van der Waals surface area contributed by atoms with Gasteiger partial charge in [-0.05, 0) is 44.2 Å². The summed E-state index contributed by atoms with van der Waals surface area (Å²) in [6.07, 6.45) is 2.12. The van der Waals surface area contributed by atoms with E-state index in [1.807, 2.05) is 35.8 Å². The lowest BCUT2D eigenvalue weighted by Crippen LogP contribution is -2.26. The molecular formula is C17H18N2O. The minimum Gasteiger partial charge on any atom is -0.323 e. The molecular weight excluding hydrogens is 248 g/mol. The van der Waals surface area contributed by atoms with Crippen molar-refractivity contribution in [1.82, 2.24) is 4.57 Å². The molecule has 2 aromatic rings. The zero-order valence-corrected chi connectivity index (χ0v) is 11.8. The van der Waals surface area contributed by atoms with Crippen LogP contribution in [0.1, 0.15) is 50.0 Å². The Morgan fingerprint density at radius 2 is 2.15 bits per heavy atom. The van der Waals surface area contributed by atoms with Gasteiger partial charge in [0, 0.05) is 23.3 Å². The Labute approximate surface area is 118 Å². The van der Waals surface area contributed by atoms with Crippen LogP contribution >= 0.6 is 0 Å². The summed E-state index contributed by atoms with van der Waals surface area (Å²) in [5.41, 5.74) is 7.83. The second kappa shape index (κ2) is 4.81. The van der Waals surface area contributed by atoms with Crippen LogP contribution in [0.5, 0.6) is 0 Å². The van der Waals surface area contributed by atoms with E-state index in [1.165, 1.54) is 0 Å². The fraction of sp³-hybridized carbons (Fsp3) is 0.353. The van der Waals surface area contributed by atoms with Crippen molar-refractivity contribution in [3.05, 3.63) is 45.9 Å². The lowest BCUT2D eigenvalue weighted by Gasteiger charge is -2.17. The Balaban J connectivity index is 2.42. The molecule has 0 aliphatic heterocycles. The molecule has 3 nitrogen and oxygen atoms in total. The molecule has 1 heterocycles. The number of nitrogens with zero attached hydrogens (tertiary/aromatic N) is 1. The number of hydrogen-bond donors (Lipinski definition) is 1. The Kier molecular flexibility index (Phi) is 3.11. The van der Waals surface area contributed by atoms with E-state index in [0.29, 0.717) is 6.04 Å². The van der Waals surface area contributed by atoms with E-state index in [1.54, 1.807) is 6.92 Å². The summed E-state index contributed by atoms with van der Waals surface area (Å²) in [4.78, 5) is 12.9. The largest absolute Gasteiger partial charge is 0.323 e. The number of aromatic nitrogens is 1. The monoisotopic (exact) mass is 266 g/mol. The Morgan fingerprint density at radius 3 is 2.75 bits per heavy atom. The van der Waals surface area contributed by atoms with E-state index in [2.05, 4.69) is 11.8 Å². The highest BCUT2D eigenvalue weighted by molar-refractivity contribution is 5.87. The zero-order chi connectivity index (χ0) is 14.3. The molecule has 1 atom stereocenters. The van der Waals surface area contributed by atoms with Crippen LogP contribution in [0.15, 0.2) is 29.1 Å². The van der Waals surface area contributed by atoms with Crippen molar-refractivity contribution in [3.8, 4) is 11.8 Å². The summed E-state index contributed by atoms with van der Waals surface area (Å²) in [6, 6.07) is 8.02. The van der Waals surface area contributed by atoms with E-state index >= 15 is 0 Å². The third-order valence-electron chi connectivity index (χ3n) is 3.75. The van der Waals surface area contributed by atoms with Crippen LogP contribution in [0, 0.1) is 11.8 Å². The maximum Gasteiger partial charge on any atom is 0.260 e. The van der Waals surface area contributed by atoms with Crippen molar-refractivity contribution >= 4 is 10.8 Å². The fourth-order valence-electron chi connectivity index (χ4n) is 2.69. The SMILES string of the molecule is CC#Cc1cccc2cc(C(C)N)n(C3CC3)c(=O)c12. The molecule has 1 saturated carbocycles. The normalized spacial score (nSPS) is 15.8. The van der Waals surface area contributed by atoms with Crippen LogP contribution in [-0.4, -0.2) is 4.57 Å². The van der Waals surface area contributed by atoms with Gasteiger partial charge in [0.15, 0.2) is 0 Å². The lowest BCUT2D eigenvalue weighted by molar-refractivity contribution is 0.620. The van der Waals surface area contributed by atoms with Gasteiger partial charge >= 0.3 is 0 Å². The van der Waals surface area contributed by atoms with Crippen LogP contribution < -0.4 is 11.3 Å². The van der Waals surface area contributed by atoms with Crippen LogP contribution in [0.2, 0.25) is 0 Å². The topological polar surface area (TPSA) is 48.0 Å². The quantitative estimate of drug-likeness (QED) is 0.850. The second-order valence-corrected chi connectivity index (χ2v) is 5.41. The Morgan fingerprint density at radius 1 is 1.40 bits per heavy atom. The molecule has 20 heavy (non-hydrogen) atoms. The average molecular weight is 266 g/mol. The molecule has 1 aromatic carbocycles. The zero-order valence-electron chi connectivity index (χ0n) is 11.8. The molecule has 1 unspecified atom stereocenters. The summed E-state index contributed by atoms with van der Waals surface area (Å²) in [5, 5.41) is 1.65. The summed E-state index contributed by atoms with van der Waals surface area (Å²) in [6.45, 7) is 3.71. The standard InChI is InChI=1S/C17H18N2O/c1-3-5-12-6-4-7-13-10-15(11(2)18)19(14-8-9-14)17(20)16(12)13/h4,6-7,10-11,14H,8-9,18H2,1-2H3. The maximum absolute atomic E-state index is 12.9. The number of nitrogens with two attached hydrogens (primary N) is 1. The molecule has 0 bridgehead atoms. The van der Waals surface area contributed by atoms with E-state index in [0.717, 1.165) is 34.9 Å². The van der Waals surface area contributed by atoms with Gasteiger partial charge in [0.05, 0.1) is 5.39 Å². The van der Waals surface area contributed by atoms with Crippen molar-refractivity contribution in [2.75, 3.05) is 0 Å². The minimum absolute atomic E-state index is 0.0515. The van der Waals surface area contributed by atoms with Crippen molar-refractivity contribution in [3.63, 3.8) is 0 Å². The van der Waals surface area contributed by atoms with Crippen molar-refractivity contribution in [1.29, 1.82) is 0 Å². The molecule has 0 spiro atoms. The van der Waals surface area contributed by atoms with E-state index in [-0.39, 0.29) is 11.6 Å². The first-order valence-electron chi connectivity index (χ1n) is 7.00. The molecule has 1 aliphatic carbocycles. The van der Waals surface area contributed by atoms with Crippen molar-refractivity contribution < 1.29 is 0 Å². The Bertz CT molecular complexity index is 786. The van der Waals surface area contributed by atoms with Gasteiger partial charge in [-0.15, -0.1) is 5.92 Å². The molecule has 3 heteroatoms. The van der Waals surface area contributed by atoms with Gasteiger partial charge in [-0.1, -0.05) is 18.1 Å². The van der Waals surface area contributed by atoms with Crippen molar-refractivity contribution in [2.24, 2.45) is 5.73 Å². The second-order valence-electron chi connectivity index (χ2n) is 5.41. The van der Waals surface area contributed by atoms with Gasteiger partial charge in [-0.2, -0.15) is 0 Å². The number of pyridine rings is 1. The summed E-state index contributed by atoms with van der Waals surface area (Å²) < 4.78 is 1.88. The lowest BCUT2D eigenvalue weighted by atomic mass is 10.0. The summed E-state index contributed by atoms with van der Waals surface area (Å²) >= 11 is 0. The third kappa shape index (κ3) is 2.03. The predicted molar refractivity (Wildman–Crippen MR) is 81.6 cm³/mol. The maximum atomic E-state index is 12.9. The van der Waals surface area contributed by atoms with Crippen LogP contribution in [0.4, 0.5) is 0 Å². The fourth-order valence-corrected chi connectivity index (χ4v) is 2.69. The highest BCUT2D eigenvalue weighted by atomic mass is 16.1. The smallest absolute Gasteiger partial charge is 0.260 e. The van der Waals surface area contributed by atoms with Crippen molar-refractivity contribution in [2.45, 2.75) is 38.8 Å². The highest BCUT2D eigenvalue weighted by Gasteiger charge is 2.28. The van der Waals surface area contributed by atoms with Crippen LogP contribution in [0.25, 0.3) is 10.8 Å². The van der Waals surface area contributed by atoms with Crippen LogP contribution in [0.3, 0.4) is 0 Å². The molecule has 102 valence electrons. The van der Waals surface area contributed by atoms with Gasteiger partial charge in [0.25, 0.3) is 5.56 Å². The number of rotatable bonds is 2. The minimum atomic E-state index is -0.145. The summed E-state index contributed by atoms with van der Waals surface area (Å²) in [7, 11) is 0. The van der Waals surface area contributed by atoms with Gasteiger partial charge in [-0.25, -0.2) is 0 Å². The molecule has 3 rings (SSSR count). The first-order chi connectivity index (χ1) is 9.63. The Hall–Kier alpha value is -2.05. The summed E-state index contributed by atoms with van der Waals surface area (Å²) in [5.74, 6) is 5.91. The third-order valence-corrected chi connectivity index (χ3v) is 3.75. The molecule has 0 radical (unpaired) electrons. The van der Waals surface area contributed by atoms with Crippen LogP contribution in [-0.2, 0) is 0 Å². The number of hydrogen-bond acceptors (Lipinski definition) is 2. The molecule has 1 aliphatic rings. The van der Waals surface area contributed by atoms with E-state index < -0.39 is 0 Å². The van der Waals surface area contributed by atoms with E-state index in [9.17, 15) is 4.79 Å². The average Bonchev–Trinajstić information content (AvgIpc) is 3.23. The molecule has 1 fully saturated rings. The predicted octanol–water partition coefficient (Wildman–Crippen LogP) is 2.73. The van der Waals surface area contributed by atoms with Gasteiger partial charge < -0.3 is 10.3 Å². The number of fused-ring (bicyclic) bond motifs is 1. The highest BCUT2D eigenvalue weighted by Crippen LogP contribution is 2.36.